The number of H-pyrrole nitrogens is 1. The molecule has 1 saturated heterocycles. The van der Waals surface area contributed by atoms with Crippen molar-refractivity contribution in [2.24, 2.45) is 0 Å². The van der Waals surface area contributed by atoms with Crippen molar-refractivity contribution in [1.29, 1.82) is 0 Å². The number of rotatable bonds is 3. The molecule has 0 saturated carbocycles. The van der Waals surface area contributed by atoms with Crippen molar-refractivity contribution in [2.45, 2.75) is 25.3 Å². The van der Waals surface area contributed by atoms with Crippen LogP contribution in [-0.2, 0) is 0 Å². The first kappa shape index (κ1) is 16.6. The highest BCUT2D eigenvalue weighted by atomic mass is 35.5. The third-order valence-corrected chi connectivity index (χ3v) is 4.43. The Kier molecular flexibility index (Phi) is 4.89. The van der Waals surface area contributed by atoms with Crippen LogP contribution in [-0.4, -0.2) is 46.8 Å². The first-order valence-electron chi connectivity index (χ1n) is 7.96. The van der Waals surface area contributed by atoms with E-state index in [-0.39, 0.29) is 12.1 Å². The zero-order valence-corrected chi connectivity index (χ0v) is 14.5. The summed E-state index contributed by atoms with van der Waals surface area (Å²) in [6.45, 7) is 0.690. The third kappa shape index (κ3) is 3.46. The second-order valence-electron chi connectivity index (χ2n) is 6.06. The predicted molar refractivity (Wildman–Crippen MR) is 94.5 cm³/mol. The lowest BCUT2D eigenvalue weighted by atomic mass is 10.0. The topological polar surface area (TPSA) is 77.2 Å². The van der Waals surface area contributed by atoms with Crippen LogP contribution in [0.4, 0.5) is 16.2 Å². The molecule has 2 heterocycles. The van der Waals surface area contributed by atoms with Crippen LogP contribution in [0.5, 0.6) is 0 Å². The second-order valence-corrected chi connectivity index (χ2v) is 6.50. The summed E-state index contributed by atoms with van der Waals surface area (Å²) in [6.07, 6.45) is 4.39. The first-order chi connectivity index (χ1) is 11.6. The number of urea groups is 1. The number of carbonyl (C=O) groups excluding carboxylic acids is 1. The van der Waals surface area contributed by atoms with Gasteiger partial charge in [0, 0.05) is 25.7 Å². The van der Waals surface area contributed by atoms with Gasteiger partial charge in [-0.2, -0.15) is 5.10 Å². The summed E-state index contributed by atoms with van der Waals surface area (Å²) in [6, 6.07) is 5.24. The number of amides is 2. The highest BCUT2D eigenvalue weighted by Gasteiger charge is 2.30. The Labute approximate surface area is 146 Å². The van der Waals surface area contributed by atoms with Gasteiger partial charge in [-0.25, -0.2) is 9.78 Å². The monoisotopic (exact) mass is 348 g/mol. The first-order valence-corrected chi connectivity index (χ1v) is 8.34. The fraction of sp³-hybridized carbons (Fsp3) is 0.438. The zero-order valence-electron chi connectivity index (χ0n) is 13.8. The molecule has 0 aliphatic carbocycles. The number of hydrogen-bond donors (Lipinski definition) is 2. The molecule has 24 heavy (non-hydrogen) atoms. The normalized spacial score (nSPS) is 17.6. The quantitative estimate of drug-likeness (QED) is 0.892. The van der Waals surface area contributed by atoms with Gasteiger partial charge >= 0.3 is 6.03 Å². The summed E-state index contributed by atoms with van der Waals surface area (Å²) < 4.78 is 0. The van der Waals surface area contributed by atoms with E-state index in [4.69, 9.17) is 11.6 Å². The molecular weight excluding hydrogens is 328 g/mol. The van der Waals surface area contributed by atoms with Crippen LogP contribution >= 0.6 is 11.6 Å². The van der Waals surface area contributed by atoms with Crippen LogP contribution in [0.2, 0.25) is 5.02 Å². The summed E-state index contributed by atoms with van der Waals surface area (Å²) in [7, 11) is 3.86. The van der Waals surface area contributed by atoms with Crippen LogP contribution in [0.3, 0.4) is 0 Å². The maximum atomic E-state index is 12.9. The minimum absolute atomic E-state index is 0.0803. The molecular formula is C16H21ClN6O. The number of nitrogens with one attached hydrogen (secondary N) is 2. The standard InChI is InChI=1S/C16H21ClN6O/c1-22(2)13-7-6-11(17)9-12(13)20-16(24)23-8-4-3-5-14(23)15-18-10-19-21-15/h6-7,9-10,14H,3-5,8H2,1-2H3,(H,20,24)(H,18,19,21)/t14-/m0/s1. The summed E-state index contributed by atoms with van der Waals surface area (Å²) in [5.74, 6) is 0.726. The lowest BCUT2D eigenvalue weighted by molar-refractivity contribution is 0.159. The van der Waals surface area contributed by atoms with Crippen molar-refractivity contribution in [1.82, 2.24) is 20.1 Å². The minimum atomic E-state index is -0.151. The molecule has 8 heteroatoms. The highest BCUT2D eigenvalue weighted by molar-refractivity contribution is 6.31. The average Bonchev–Trinajstić information content (AvgIpc) is 3.09. The van der Waals surface area contributed by atoms with E-state index in [1.165, 1.54) is 6.33 Å². The number of hydrogen-bond acceptors (Lipinski definition) is 4. The predicted octanol–water partition coefficient (Wildman–Crippen LogP) is 3.28. The lowest BCUT2D eigenvalue weighted by Crippen LogP contribution is -2.41. The van der Waals surface area contributed by atoms with Crippen molar-refractivity contribution in [2.75, 3.05) is 30.9 Å². The molecule has 0 radical (unpaired) electrons. The van der Waals surface area contributed by atoms with Gasteiger partial charge in [-0.05, 0) is 37.5 Å². The van der Waals surface area contributed by atoms with E-state index in [1.54, 1.807) is 6.07 Å². The molecule has 2 N–H and O–H groups in total. The molecule has 0 bridgehead atoms. The summed E-state index contributed by atoms with van der Waals surface area (Å²) in [4.78, 5) is 20.8. The average molecular weight is 349 g/mol. The number of aromatic amines is 1. The molecule has 1 aromatic carbocycles. The molecule has 1 aliphatic heterocycles. The van der Waals surface area contributed by atoms with Crippen LogP contribution in [0.1, 0.15) is 31.1 Å². The number of carbonyl (C=O) groups is 1. The van der Waals surface area contributed by atoms with E-state index in [1.807, 2.05) is 36.0 Å². The molecule has 1 aromatic heterocycles. The van der Waals surface area contributed by atoms with E-state index in [0.29, 0.717) is 17.3 Å². The van der Waals surface area contributed by atoms with Gasteiger partial charge in [0.25, 0.3) is 0 Å². The van der Waals surface area contributed by atoms with Crippen molar-refractivity contribution in [3.8, 4) is 0 Å². The highest BCUT2D eigenvalue weighted by Crippen LogP contribution is 2.31. The summed E-state index contributed by atoms with van der Waals surface area (Å²) >= 11 is 6.09. The minimum Gasteiger partial charge on any atom is -0.376 e. The Morgan fingerprint density at radius 3 is 2.96 bits per heavy atom. The van der Waals surface area contributed by atoms with E-state index in [2.05, 4.69) is 20.5 Å². The van der Waals surface area contributed by atoms with Crippen LogP contribution in [0.25, 0.3) is 0 Å². The van der Waals surface area contributed by atoms with E-state index >= 15 is 0 Å². The van der Waals surface area contributed by atoms with Crippen molar-refractivity contribution in [3.63, 3.8) is 0 Å². The maximum Gasteiger partial charge on any atom is 0.322 e. The number of likely N-dealkylation sites (tertiary alicyclic amines) is 1. The smallest absolute Gasteiger partial charge is 0.322 e. The Bertz CT molecular complexity index is 703. The van der Waals surface area contributed by atoms with Gasteiger partial charge in [-0.15, -0.1) is 0 Å². The number of nitrogens with zero attached hydrogens (tertiary/aromatic N) is 4. The molecule has 3 rings (SSSR count). The van der Waals surface area contributed by atoms with Crippen LogP contribution < -0.4 is 10.2 Å². The molecule has 0 spiro atoms. The third-order valence-electron chi connectivity index (χ3n) is 4.19. The molecule has 2 aromatic rings. The number of piperidine rings is 1. The summed E-state index contributed by atoms with van der Waals surface area (Å²) in [5.41, 5.74) is 1.60. The second kappa shape index (κ2) is 7.09. The van der Waals surface area contributed by atoms with Crippen LogP contribution in [0, 0.1) is 0 Å². The molecule has 7 nitrogen and oxygen atoms in total. The Hall–Kier alpha value is -2.28. The van der Waals surface area contributed by atoms with Gasteiger partial charge in [-0.1, -0.05) is 11.6 Å². The van der Waals surface area contributed by atoms with Gasteiger partial charge in [0.15, 0.2) is 0 Å². The Morgan fingerprint density at radius 2 is 2.25 bits per heavy atom. The number of benzene rings is 1. The molecule has 0 unspecified atom stereocenters. The van der Waals surface area contributed by atoms with E-state index in [0.717, 1.165) is 30.8 Å². The largest absolute Gasteiger partial charge is 0.376 e. The van der Waals surface area contributed by atoms with Crippen LogP contribution in [0.15, 0.2) is 24.5 Å². The van der Waals surface area contributed by atoms with Gasteiger partial charge in [-0.3, -0.25) is 5.10 Å². The number of anilines is 2. The van der Waals surface area contributed by atoms with E-state index < -0.39 is 0 Å². The molecule has 1 aliphatic rings. The van der Waals surface area contributed by atoms with Crippen molar-refractivity contribution in [3.05, 3.63) is 35.4 Å². The fourth-order valence-corrected chi connectivity index (χ4v) is 3.19. The van der Waals surface area contributed by atoms with Gasteiger partial charge < -0.3 is 15.1 Å². The SMILES string of the molecule is CN(C)c1ccc(Cl)cc1NC(=O)N1CCCC[C@H]1c1ncn[nH]1. The molecule has 128 valence electrons. The van der Waals surface area contributed by atoms with Gasteiger partial charge in [0.1, 0.15) is 12.2 Å². The zero-order chi connectivity index (χ0) is 17.1. The fourth-order valence-electron chi connectivity index (χ4n) is 3.02. The van der Waals surface area contributed by atoms with Gasteiger partial charge in [0.05, 0.1) is 17.4 Å². The molecule has 2 amide bonds. The van der Waals surface area contributed by atoms with Gasteiger partial charge in [0.2, 0.25) is 0 Å². The molecule has 1 atom stereocenters. The summed E-state index contributed by atoms with van der Waals surface area (Å²) in [5, 5.41) is 10.4. The number of aromatic nitrogens is 3. The Balaban J connectivity index is 1.82. The van der Waals surface area contributed by atoms with Crippen molar-refractivity contribution >= 4 is 29.0 Å². The molecule has 1 fully saturated rings. The number of halogens is 1. The lowest BCUT2D eigenvalue weighted by Gasteiger charge is -2.34. The van der Waals surface area contributed by atoms with E-state index in [9.17, 15) is 4.79 Å². The Morgan fingerprint density at radius 1 is 1.42 bits per heavy atom. The maximum absolute atomic E-state index is 12.9. The van der Waals surface area contributed by atoms with Crippen molar-refractivity contribution < 1.29 is 4.79 Å².